The fourth-order valence-electron chi connectivity index (χ4n) is 4.75. The Morgan fingerprint density at radius 1 is 1.16 bits per heavy atom. The molecule has 0 fully saturated rings. The lowest BCUT2D eigenvalue weighted by atomic mass is 9.78. The molecule has 1 aromatic heterocycles. The van der Waals surface area contributed by atoms with Gasteiger partial charge in [-0.05, 0) is 42.9 Å². The van der Waals surface area contributed by atoms with Crippen molar-refractivity contribution in [1.82, 2.24) is 15.6 Å². The minimum absolute atomic E-state index is 0.0734. The number of rotatable bonds is 9. The van der Waals surface area contributed by atoms with E-state index in [0.29, 0.717) is 28.4 Å². The van der Waals surface area contributed by atoms with E-state index in [4.69, 9.17) is 39.4 Å². The van der Waals surface area contributed by atoms with Crippen LogP contribution in [0.2, 0.25) is 10.0 Å². The van der Waals surface area contributed by atoms with Crippen LogP contribution in [-0.4, -0.2) is 46.5 Å². The van der Waals surface area contributed by atoms with Crippen LogP contribution in [0.5, 0.6) is 0 Å². The minimum Gasteiger partial charge on any atom is -0.436 e. The Balaban J connectivity index is 2.08. The number of aromatic nitrogens is 1. The molecule has 1 aliphatic rings. The number of benzene rings is 1. The molecule has 4 atom stereocenters. The summed E-state index contributed by atoms with van der Waals surface area (Å²) in [5.41, 5.74) is 11.6. The molecule has 0 unspecified atom stereocenters. The third-order valence-corrected chi connectivity index (χ3v) is 7.54. The van der Waals surface area contributed by atoms with E-state index in [-0.39, 0.29) is 24.7 Å². The summed E-state index contributed by atoms with van der Waals surface area (Å²) >= 11 is 12.7. The lowest BCUT2D eigenvalue weighted by molar-refractivity contribution is -0.141. The smallest absolute Gasteiger partial charge is 0.405 e. The summed E-state index contributed by atoms with van der Waals surface area (Å²) in [6, 6.07) is 2.40. The van der Waals surface area contributed by atoms with Gasteiger partial charge in [-0.3, -0.25) is 14.4 Å². The van der Waals surface area contributed by atoms with Crippen molar-refractivity contribution in [3.05, 3.63) is 33.4 Å². The molecule has 0 saturated carbocycles. The molecular weight excluding hydrogens is 521 g/mol. The Labute approximate surface area is 225 Å². The van der Waals surface area contributed by atoms with Gasteiger partial charge >= 0.3 is 6.09 Å². The predicted molar refractivity (Wildman–Crippen MR) is 141 cm³/mol. The third kappa shape index (κ3) is 5.96. The molecule has 0 aliphatic heterocycles. The monoisotopic (exact) mass is 553 g/mol. The molecule has 7 N–H and O–H groups in total. The predicted octanol–water partition coefficient (Wildman–Crippen LogP) is 2.95. The summed E-state index contributed by atoms with van der Waals surface area (Å²) in [7, 11) is 0. The highest BCUT2D eigenvalue weighted by Gasteiger charge is 2.47. The van der Waals surface area contributed by atoms with E-state index in [1.807, 2.05) is 6.92 Å². The van der Waals surface area contributed by atoms with Crippen LogP contribution in [0.25, 0.3) is 10.9 Å². The van der Waals surface area contributed by atoms with E-state index in [1.54, 1.807) is 32.9 Å². The molecule has 0 radical (unpaired) electrons. The van der Waals surface area contributed by atoms with Crippen LogP contribution in [0.15, 0.2) is 12.1 Å². The third-order valence-electron chi connectivity index (χ3n) is 7.02. The molecule has 3 rings (SSSR count). The van der Waals surface area contributed by atoms with Gasteiger partial charge in [-0.25, -0.2) is 4.79 Å². The summed E-state index contributed by atoms with van der Waals surface area (Å²) in [6.45, 7) is 7.08. The number of aryl methyl sites for hydroxylation is 1. The molecule has 1 heterocycles. The van der Waals surface area contributed by atoms with Crippen molar-refractivity contribution in [3.63, 3.8) is 0 Å². The maximum atomic E-state index is 13.8. The first-order chi connectivity index (χ1) is 17.3. The second-order valence-corrected chi connectivity index (χ2v) is 10.8. The summed E-state index contributed by atoms with van der Waals surface area (Å²) in [5.74, 6) is -2.59. The van der Waals surface area contributed by atoms with Gasteiger partial charge in [0.15, 0.2) is 6.10 Å². The van der Waals surface area contributed by atoms with Gasteiger partial charge in [-0.2, -0.15) is 0 Å². The minimum atomic E-state index is -1.48. The Morgan fingerprint density at radius 3 is 2.41 bits per heavy atom. The number of ether oxygens (including phenoxy) is 1. The largest absolute Gasteiger partial charge is 0.436 e. The average molecular weight is 554 g/mol. The molecule has 10 nitrogen and oxygen atoms in total. The number of aromatic amines is 1. The molecule has 37 heavy (non-hydrogen) atoms. The van der Waals surface area contributed by atoms with Crippen LogP contribution in [0, 0.1) is 11.8 Å². The van der Waals surface area contributed by atoms with E-state index in [9.17, 15) is 19.2 Å². The van der Waals surface area contributed by atoms with Crippen molar-refractivity contribution < 1.29 is 23.9 Å². The van der Waals surface area contributed by atoms with Gasteiger partial charge in [0, 0.05) is 28.4 Å². The number of H-pyrrole nitrogens is 1. The Morgan fingerprint density at radius 2 is 1.84 bits per heavy atom. The highest BCUT2D eigenvalue weighted by atomic mass is 35.5. The number of nitrogens with one attached hydrogen (secondary N) is 3. The molecule has 0 spiro atoms. The molecule has 0 bridgehead atoms. The van der Waals surface area contributed by atoms with Crippen molar-refractivity contribution in [2.24, 2.45) is 23.3 Å². The second kappa shape index (κ2) is 11.2. The van der Waals surface area contributed by atoms with Gasteiger partial charge in [0.1, 0.15) is 11.6 Å². The van der Waals surface area contributed by atoms with E-state index < -0.39 is 41.5 Å². The number of fused-ring (bicyclic) bond motifs is 3. The lowest BCUT2D eigenvalue weighted by Gasteiger charge is -2.39. The second-order valence-electron chi connectivity index (χ2n) is 9.98. The van der Waals surface area contributed by atoms with Gasteiger partial charge < -0.3 is 31.8 Å². The Hall–Kier alpha value is -2.98. The SMILES string of the molecule is CC[C@H](C)[C@H](OC(N)=O)C(=O)N[C@]1(C(=O)N[C@H](C(N)=O)C(C)C)CCc2[nH]c3c(Cl)cc(Cl)cc3c2C1. The Kier molecular flexibility index (Phi) is 8.64. The van der Waals surface area contributed by atoms with Crippen LogP contribution < -0.4 is 22.1 Å². The van der Waals surface area contributed by atoms with Crippen LogP contribution in [0.1, 0.15) is 51.8 Å². The molecule has 0 saturated heterocycles. The number of halogens is 2. The first-order valence-corrected chi connectivity index (χ1v) is 12.9. The Bertz CT molecular complexity index is 1230. The van der Waals surface area contributed by atoms with E-state index in [2.05, 4.69) is 15.6 Å². The summed E-state index contributed by atoms with van der Waals surface area (Å²) in [4.78, 5) is 54.2. The van der Waals surface area contributed by atoms with Crippen molar-refractivity contribution >= 4 is 57.9 Å². The number of amides is 4. The summed E-state index contributed by atoms with van der Waals surface area (Å²) in [6.07, 6.45) is -1.13. The van der Waals surface area contributed by atoms with Crippen molar-refractivity contribution in [2.45, 2.75) is 71.1 Å². The van der Waals surface area contributed by atoms with Crippen LogP contribution in [-0.2, 0) is 32.0 Å². The fourth-order valence-corrected chi connectivity index (χ4v) is 5.29. The molecule has 1 aromatic carbocycles. The number of primary amides is 2. The molecule has 4 amide bonds. The lowest BCUT2D eigenvalue weighted by Crippen LogP contribution is -2.66. The zero-order valence-electron chi connectivity index (χ0n) is 21.2. The first-order valence-electron chi connectivity index (χ1n) is 12.2. The van der Waals surface area contributed by atoms with Gasteiger partial charge in [0.2, 0.25) is 11.8 Å². The normalized spacial score (nSPS) is 19.5. The molecule has 2 aromatic rings. The van der Waals surface area contributed by atoms with Crippen molar-refractivity contribution in [1.29, 1.82) is 0 Å². The van der Waals surface area contributed by atoms with Crippen LogP contribution in [0.4, 0.5) is 4.79 Å². The van der Waals surface area contributed by atoms with Gasteiger partial charge in [0.25, 0.3) is 5.91 Å². The van der Waals surface area contributed by atoms with E-state index >= 15 is 0 Å². The molecule has 202 valence electrons. The van der Waals surface area contributed by atoms with Crippen molar-refractivity contribution in [2.75, 3.05) is 0 Å². The zero-order valence-corrected chi connectivity index (χ0v) is 22.8. The molecular formula is C25H33Cl2N5O5. The van der Waals surface area contributed by atoms with Gasteiger partial charge in [0.05, 0.1) is 10.5 Å². The highest BCUT2D eigenvalue weighted by Crippen LogP contribution is 2.38. The van der Waals surface area contributed by atoms with E-state index in [1.165, 1.54) is 0 Å². The van der Waals surface area contributed by atoms with Crippen LogP contribution >= 0.6 is 23.2 Å². The zero-order chi connectivity index (χ0) is 27.7. The number of hydrogen-bond donors (Lipinski definition) is 5. The number of hydrogen-bond acceptors (Lipinski definition) is 5. The first kappa shape index (κ1) is 28.6. The maximum absolute atomic E-state index is 13.8. The van der Waals surface area contributed by atoms with E-state index in [0.717, 1.165) is 16.6 Å². The average Bonchev–Trinajstić information content (AvgIpc) is 3.17. The number of carbonyl (C=O) groups is 4. The standard InChI is InChI=1S/C25H33Cl2N5O5/c1-5-12(4)20(37-24(29)36)22(34)32-25(23(35)31-18(11(2)3)21(28)33)7-6-17-15(10-25)14-8-13(26)9-16(27)19(14)30-17/h8-9,11-12,18,20,30H,5-7,10H2,1-4H3,(H2,28,33)(H2,29,36)(H,31,35)(H,32,34)/t12-,18-,20-,25+/m0/s1. The van der Waals surface area contributed by atoms with Crippen LogP contribution in [0.3, 0.4) is 0 Å². The number of carbonyl (C=O) groups excluding carboxylic acids is 4. The van der Waals surface area contributed by atoms with Gasteiger partial charge in [-0.1, -0.05) is 50.9 Å². The summed E-state index contributed by atoms with van der Waals surface area (Å²) < 4.78 is 5.12. The molecule has 1 aliphatic carbocycles. The van der Waals surface area contributed by atoms with Crippen molar-refractivity contribution in [3.8, 4) is 0 Å². The number of nitrogens with two attached hydrogens (primary N) is 2. The van der Waals surface area contributed by atoms with Gasteiger partial charge in [-0.15, -0.1) is 0 Å². The quantitative estimate of drug-likeness (QED) is 0.321. The topological polar surface area (TPSA) is 169 Å². The highest BCUT2D eigenvalue weighted by molar-refractivity contribution is 6.38. The molecule has 12 heteroatoms. The maximum Gasteiger partial charge on any atom is 0.405 e. The summed E-state index contributed by atoms with van der Waals surface area (Å²) in [5, 5.41) is 7.14. The fraction of sp³-hybridized carbons (Fsp3) is 0.520.